The first-order valence-corrected chi connectivity index (χ1v) is 6.19. The second-order valence-electron chi connectivity index (χ2n) is 4.89. The minimum Gasteiger partial charge on any atom is -0.425 e. The average molecular weight is 254 g/mol. The van der Waals surface area contributed by atoms with E-state index in [4.69, 9.17) is 4.74 Å². The lowest BCUT2D eigenvalue weighted by atomic mass is 9.95. The molecule has 1 heterocycles. The zero-order valence-electron chi connectivity index (χ0n) is 10.6. The van der Waals surface area contributed by atoms with E-state index in [1.165, 1.54) is 0 Å². The molecule has 1 N–H and O–H groups in total. The standard InChI is InChI=1S/C16H14O3/c1-11-5-4-6-12(9-11)10-16(18)14-8-3-2-7-13(14)15(17)19-16/h2-9,18H,10H2,1H3. The van der Waals surface area contributed by atoms with E-state index in [9.17, 15) is 9.90 Å². The van der Waals surface area contributed by atoms with Crippen LogP contribution in [0, 0.1) is 6.92 Å². The number of aliphatic hydroxyl groups is 1. The third kappa shape index (κ3) is 2.02. The smallest absolute Gasteiger partial charge is 0.341 e. The van der Waals surface area contributed by atoms with Gasteiger partial charge in [0.05, 0.1) is 5.56 Å². The van der Waals surface area contributed by atoms with Gasteiger partial charge in [-0.25, -0.2) is 4.79 Å². The van der Waals surface area contributed by atoms with Gasteiger partial charge in [0, 0.05) is 12.0 Å². The average Bonchev–Trinajstić information content (AvgIpc) is 2.62. The zero-order valence-corrected chi connectivity index (χ0v) is 10.6. The fourth-order valence-electron chi connectivity index (χ4n) is 2.50. The molecule has 2 aromatic carbocycles. The zero-order chi connectivity index (χ0) is 13.5. The van der Waals surface area contributed by atoms with Crippen LogP contribution in [-0.4, -0.2) is 11.1 Å². The summed E-state index contributed by atoms with van der Waals surface area (Å²) < 4.78 is 5.18. The highest BCUT2D eigenvalue weighted by molar-refractivity contribution is 5.94. The molecule has 0 fully saturated rings. The highest BCUT2D eigenvalue weighted by atomic mass is 16.7. The normalized spacial score (nSPS) is 21.1. The summed E-state index contributed by atoms with van der Waals surface area (Å²) in [7, 11) is 0. The second kappa shape index (κ2) is 4.21. The topological polar surface area (TPSA) is 46.5 Å². The number of aryl methyl sites for hydroxylation is 1. The molecule has 0 bridgehead atoms. The number of benzene rings is 2. The van der Waals surface area contributed by atoms with Gasteiger partial charge in [0.15, 0.2) is 0 Å². The molecule has 3 rings (SSSR count). The van der Waals surface area contributed by atoms with Crippen molar-refractivity contribution in [2.45, 2.75) is 19.1 Å². The van der Waals surface area contributed by atoms with E-state index >= 15 is 0 Å². The Morgan fingerprint density at radius 3 is 2.74 bits per heavy atom. The first-order chi connectivity index (χ1) is 9.08. The summed E-state index contributed by atoms with van der Waals surface area (Å²) in [6.07, 6.45) is 0.261. The number of cyclic esters (lactones) is 1. The Morgan fingerprint density at radius 2 is 1.95 bits per heavy atom. The van der Waals surface area contributed by atoms with Crippen molar-refractivity contribution in [2.24, 2.45) is 0 Å². The van der Waals surface area contributed by atoms with Gasteiger partial charge in [-0.15, -0.1) is 0 Å². The van der Waals surface area contributed by atoms with Gasteiger partial charge in [0.2, 0.25) is 5.79 Å². The van der Waals surface area contributed by atoms with Crippen LogP contribution in [0.15, 0.2) is 48.5 Å². The molecular weight excluding hydrogens is 240 g/mol. The van der Waals surface area contributed by atoms with Crippen LogP contribution in [0.1, 0.15) is 27.0 Å². The maximum absolute atomic E-state index is 11.8. The highest BCUT2D eigenvalue weighted by Crippen LogP contribution is 2.36. The quantitative estimate of drug-likeness (QED) is 0.838. The molecule has 0 aliphatic carbocycles. The van der Waals surface area contributed by atoms with E-state index in [0.717, 1.165) is 11.1 Å². The maximum Gasteiger partial charge on any atom is 0.341 e. The van der Waals surface area contributed by atoms with Gasteiger partial charge < -0.3 is 9.84 Å². The number of carbonyl (C=O) groups is 1. The molecule has 2 aromatic rings. The van der Waals surface area contributed by atoms with E-state index in [-0.39, 0.29) is 6.42 Å². The number of rotatable bonds is 2. The Labute approximate surface area is 111 Å². The van der Waals surface area contributed by atoms with Crippen LogP contribution >= 0.6 is 0 Å². The largest absolute Gasteiger partial charge is 0.425 e. The molecule has 0 saturated heterocycles. The Morgan fingerprint density at radius 1 is 1.16 bits per heavy atom. The molecule has 0 aromatic heterocycles. The van der Waals surface area contributed by atoms with Gasteiger partial charge in [-0.2, -0.15) is 0 Å². The molecule has 3 nitrogen and oxygen atoms in total. The van der Waals surface area contributed by atoms with Crippen LogP contribution in [0.25, 0.3) is 0 Å². The molecule has 1 unspecified atom stereocenters. The summed E-state index contributed by atoms with van der Waals surface area (Å²) in [4.78, 5) is 11.8. The molecule has 0 saturated carbocycles. The van der Waals surface area contributed by atoms with Crippen molar-refractivity contribution >= 4 is 5.97 Å². The van der Waals surface area contributed by atoms with Crippen LogP contribution in [0.5, 0.6) is 0 Å². The number of hydrogen-bond acceptors (Lipinski definition) is 3. The van der Waals surface area contributed by atoms with Crippen LogP contribution in [0.4, 0.5) is 0 Å². The van der Waals surface area contributed by atoms with Crippen molar-refractivity contribution in [2.75, 3.05) is 0 Å². The number of hydrogen-bond donors (Lipinski definition) is 1. The lowest BCUT2D eigenvalue weighted by Gasteiger charge is -2.22. The highest BCUT2D eigenvalue weighted by Gasteiger charge is 2.43. The first kappa shape index (κ1) is 11.9. The van der Waals surface area contributed by atoms with Crippen molar-refractivity contribution in [1.82, 2.24) is 0 Å². The minimum absolute atomic E-state index is 0.261. The van der Waals surface area contributed by atoms with E-state index in [0.29, 0.717) is 11.1 Å². The Hall–Kier alpha value is -2.13. The lowest BCUT2D eigenvalue weighted by Crippen LogP contribution is -2.28. The van der Waals surface area contributed by atoms with E-state index in [1.54, 1.807) is 24.3 Å². The third-order valence-electron chi connectivity index (χ3n) is 3.36. The fraction of sp³-hybridized carbons (Fsp3) is 0.188. The van der Waals surface area contributed by atoms with E-state index in [1.807, 2.05) is 31.2 Å². The predicted octanol–water partition coefficient (Wildman–Crippen LogP) is 2.55. The van der Waals surface area contributed by atoms with Crippen LogP contribution in [0.2, 0.25) is 0 Å². The van der Waals surface area contributed by atoms with Crippen molar-refractivity contribution in [1.29, 1.82) is 0 Å². The molecule has 0 radical (unpaired) electrons. The predicted molar refractivity (Wildman–Crippen MR) is 70.6 cm³/mol. The van der Waals surface area contributed by atoms with Crippen molar-refractivity contribution in [3.8, 4) is 0 Å². The second-order valence-corrected chi connectivity index (χ2v) is 4.89. The molecule has 1 aliphatic rings. The number of fused-ring (bicyclic) bond motifs is 1. The minimum atomic E-state index is -1.55. The van der Waals surface area contributed by atoms with Gasteiger partial charge in [0.1, 0.15) is 0 Å². The van der Waals surface area contributed by atoms with Gasteiger partial charge in [-0.1, -0.05) is 48.0 Å². The summed E-state index contributed by atoms with van der Waals surface area (Å²) in [5, 5.41) is 10.6. The van der Waals surface area contributed by atoms with Crippen molar-refractivity contribution < 1.29 is 14.6 Å². The Bertz CT molecular complexity index is 648. The third-order valence-corrected chi connectivity index (χ3v) is 3.36. The van der Waals surface area contributed by atoms with Crippen LogP contribution in [0.3, 0.4) is 0 Å². The molecule has 1 aliphatic heterocycles. The summed E-state index contributed by atoms with van der Waals surface area (Å²) in [5.74, 6) is -2.02. The summed E-state index contributed by atoms with van der Waals surface area (Å²) in [6, 6.07) is 14.8. The van der Waals surface area contributed by atoms with Crippen molar-refractivity contribution in [3.05, 3.63) is 70.8 Å². The molecular formula is C16H14O3. The Balaban J connectivity index is 1.99. The van der Waals surface area contributed by atoms with E-state index < -0.39 is 11.8 Å². The van der Waals surface area contributed by atoms with Gasteiger partial charge in [0.25, 0.3) is 0 Å². The summed E-state index contributed by atoms with van der Waals surface area (Å²) >= 11 is 0. The monoisotopic (exact) mass is 254 g/mol. The van der Waals surface area contributed by atoms with Gasteiger partial charge in [-0.05, 0) is 18.6 Å². The maximum atomic E-state index is 11.8. The van der Waals surface area contributed by atoms with Crippen LogP contribution in [-0.2, 0) is 16.9 Å². The summed E-state index contributed by atoms with van der Waals surface area (Å²) in [6.45, 7) is 1.99. The van der Waals surface area contributed by atoms with Gasteiger partial charge >= 0.3 is 5.97 Å². The molecule has 19 heavy (non-hydrogen) atoms. The Kier molecular flexibility index (Phi) is 2.64. The molecule has 1 atom stereocenters. The molecule has 96 valence electrons. The van der Waals surface area contributed by atoms with E-state index in [2.05, 4.69) is 0 Å². The SMILES string of the molecule is Cc1cccc(CC2(O)OC(=O)c3ccccc32)c1. The number of esters is 1. The fourth-order valence-corrected chi connectivity index (χ4v) is 2.50. The van der Waals surface area contributed by atoms with Crippen molar-refractivity contribution in [3.63, 3.8) is 0 Å². The molecule has 0 amide bonds. The molecule has 3 heteroatoms. The summed E-state index contributed by atoms with van der Waals surface area (Å²) in [5.41, 5.74) is 3.03. The first-order valence-electron chi connectivity index (χ1n) is 6.19. The lowest BCUT2D eigenvalue weighted by molar-refractivity contribution is -0.161. The van der Waals surface area contributed by atoms with Gasteiger partial charge in [-0.3, -0.25) is 0 Å². The van der Waals surface area contributed by atoms with Crippen LogP contribution < -0.4 is 0 Å². The number of ether oxygens (including phenoxy) is 1. The number of carbonyl (C=O) groups excluding carboxylic acids is 1. The molecule has 0 spiro atoms.